The molecule has 3 nitrogen and oxygen atoms in total. The fraction of sp³-hybridized carbons (Fsp3) is 0.300. The van der Waals surface area contributed by atoms with E-state index in [0.717, 1.165) is 4.90 Å². The molecule has 16 heavy (non-hydrogen) atoms. The molecule has 2 N–H and O–H groups in total. The first-order valence-electron chi connectivity index (χ1n) is 4.40. The molecule has 0 heterocycles. The number of alkyl halides is 2. The van der Waals surface area contributed by atoms with Gasteiger partial charge in [-0.05, 0) is 24.3 Å². The van der Waals surface area contributed by atoms with Gasteiger partial charge in [0.05, 0.1) is 6.54 Å². The van der Waals surface area contributed by atoms with Crippen LogP contribution in [0.2, 0.25) is 0 Å². The van der Waals surface area contributed by atoms with Crippen molar-refractivity contribution in [1.82, 2.24) is 4.90 Å². The highest BCUT2D eigenvalue weighted by Crippen LogP contribution is 2.08. The minimum atomic E-state index is -2.52. The molecule has 0 aliphatic heterocycles. The van der Waals surface area contributed by atoms with Crippen LogP contribution >= 0.6 is 12.4 Å². The van der Waals surface area contributed by atoms with Gasteiger partial charge in [-0.3, -0.25) is 4.79 Å². The van der Waals surface area contributed by atoms with Gasteiger partial charge in [0, 0.05) is 18.3 Å². The second kappa shape index (κ2) is 6.27. The molecular formula is C10H13ClF2N2O. The lowest BCUT2D eigenvalue weighted by molar-refractivity contribution is 0.0620. The Morgan fingerprint density at radius 1 is 1.38 bits per heavy atom. The summed E-state index contributed by atoms with van der Waals surface area (Å²) in [7, 11) is 1.34. The first-order chi connectivity index (χ1) is 7.00. The largest absolute Gasteiger partial charge is 0.399 e. The Bertz CT molecular complexity index is 343. The van der Waals surface area contributed by atoms with E-state index in [0.29, 0.717) is 11.3 Å². The SMILES string of the molecule is CN(CC(F)F)C(=O)c1ccc(N)cc1.Cl. The van der Waals surface area contributed by atoms with Crippen LogP contribution in [0.4, 0.5) is 14.5 Å². The Morgan fingerprint density at radius 3 is 2.31 bits per heavy atom. The van der Waals surface area contributed by atoms with Crippen molar-refractivity contribution in [2.45, 2.75) is 6.43 Å². The summed E-state index contributed by atoms with van der Waals surface area (Å²) in [5, 5.41) is 0. The van der Waals surface area contributed by atoms with Gasteiger partial charge in [-0.15, -0.1) is 12.4 Å². The normalized spacial score (nSPS) is 9.75. The van der Waals surface area contributed by atoms with E-state index in [1.165, 1.54) is 19.2 Å². The molecule has 0 saturated carbocycles. The van der Waals surface area contributed by atoms with Gasteiger partial charge in [-0.25, -0.2) is 8.78 Å². The highest BCUT2D eigenvalue weighted by atomic mass is 35.5. The molecule has 90 valence electrons. The zero-order valence-electron chi connectivity index (χ0n) is 8.69. The van der Waals surface area contributed by atoms with E-state index < -0.39 is 18.9 Å². The van der Waals surface area contributed by atoms with Crippen LogP contribution in [-0.2, 0) is 0 Å². The third-order valence-corrected chi connectivity index (χ3v) is 1.92. The number of rotatable bonds is 3. The van der Waals surface area contributed by atoms with Gasteiger partial charge in [0.1, 0.15) is 0 Å². The summed E-state index contributed by atoms with van der Waals surface area (Å²) in [6.45, 7) is -0.566. The lowest BCUT2D eigenvalue weighted by Gasteiger charge is -2.16. The smallest absolute Gasteiger partial charge is 0.255 e. The molecule has 6 heteroatoms. The summed E-state index contributed by atoms with van der Waals surface area (Å²) in [6.07, 6.45) is -2.52. The number of halogens is 3. The van der Waals surface area contributed by atoms with Crippen LogP contribution in [0.25, 0.3) is 0 Å². The molecule has 1 aromatic carbocycles. The number of hydrogen-bond acceptors (Lipinski definition) is 2. The van der Waals surface area contributed by atoms with E-state index in [2.05, 4.69) is 0 Å². The third kappa shape index (κ3) is 4.02. The first-order valence-corrected chi connectivity index (χ1v) is 4.40. The molecular weight excluding hydrogens is 238 g/mol. The minimum absolute atomic E-state index is 0. The summed E-state index contributed by atoms with van der Waals surface area (Å²) in [4.78, 5) is 12.5. The third-order valence-electron chi connectivity index (χ3n) is 1.92. The number of carbonyl (C=O) groups excluding carboxylic acids is 1. The Morgan fingerprint density at radius 2 is 1.88 bits per heavy atom. The van der Waals surface area contributed by atoms with Crippen LogP contribution < -0.4 is 5.73 Å². The van der Waals surface area contributed by atoms with E-state index in [1.54, 1.807) is 12.1 Å². The maximum absolute atomic E-state index is 12.0. The van der Waals surface area contributed by atoms with Crippen LogP contribution in [0.5, 0.6) is 0 Å². The van der Waals surface area contributed by atoms with E-state index in [-0.39, 0.29) is 12.4 Å². The van der Waals surface area contributed by atoms with Crippen molar-refractivity contribution in [3.05, 3.63) is 29.8 Å². The average molecular weight is 251 g/mol. The highest BCUT2D eigenvalue weighted by Gasteiger charge is 2.15. The number of hydrogen-bond donors (Lipinski definition) is 1. The number of nitrogen functional groups attached to an aromatic ring is 1. The molecule has 1 aromatic rings. The molecule has 0 aliphatic carbocycles. The van der Waals surface area contributed by atoms with E-state index in [4.69, 9.17) is 5.73 Å². The van der Waals surface area contributed by atoms with Gasteiger partial charge in [-0.2, -0.15) is 0 Å². The molecule has 0 atom stereocenters. The van der Waals surface area contributed by atoms with Gasteiger partial charge in [0.2, 0.25) is 0 Å². The van der Waals surface area contributed by atoms with Crippen LogP contribution in [0.1, 0.15) is 10.4 Å². The van der Waals surface area contributed by atoms with Gasteiger partial charge < -0.3 is 10.6 Å². The Balaban J connectivity index is 0.00000225. The van der Waals surface area contributed by atoms with Crippen LogP contribution in [0, 0.1) is 0 Å². The summed E-state index contributed by atoms with van der Waals surface area (Å²) >= 11 is 0. The van der Waals surface area contributed by atoms with Crippen molar-refractivity contribution in [1.29, 1.82) is 0 Å². The Hall–Kier alpha value is -1.36. The number of nitrogens with two attached hydrogens (primary N) is 1. The fourth-order valence-corrected chi connectivity index (χ4v) is 1.14. The first kappa shape index (κ1) is 14.6. The number of benzene rings is 1. The standard InChI is InChI=1S/C10H12F2N2O.ClH/c1-14(6-9(11)12)10(15)7-2-4-8(13)5-3-7;/h2-5,9H,6,13H2,1H3;1H. The van der Waals surface area contributed by atoms with Gasteiger partial charge in [0.15, 0.2) is 0 Å². The molecule has 0 spiro atoms. The summed E-state index contributed by atoms with van der Waals surface area (Å²) in [5.74, 6) is -0.435. The van der Waals surface area contributed by atoms with Crippen molar-refractivity contribution in [3.63, 3.8) is 0 Å². The van der Waals surface area contributed by atoms with Crippen molar-refractivity contribution < 1.29 is 13.6 Å². The maximum atomic E-state index is 12.0. The molecule has 0 fully saturated rings. The van der Waals surface area contributed by atoms with E-state index in [1.807, 2.05) is 0 Å². The monoisotopic (exact) mass is 250 g/mol. The molecule has 1 rings (SSSR count). The van der Waals surface area contributed by atoms with Crippen LogP contribution in [0.3, 0.4) is 0 Å². The molecule has 0 radical (unpaired) electrons. The Kier molecular flexibility index (Phi) is 5.74. The molecule has 0 bridgehead atoms. The lowest BCUT2D eigenvalue weighted by atomic mass is 10.2. The van der Waals surface area contributed by atoms with E-state index in [9.17, 15) is 13.6 Å². The van der Waals surface area contributed by atoms with Crippen LogP contribution in [0.15, 0.2) is 24.3 Å². The number of amides is 1. The lowest BCUT2D eigenvalue weighted by Crippen LogP contribution is -2.31. The van der Waals surface area contributed by atoms with Crippen molar-refractivity contribution in [2.75, 3.05) is 19.3 Å². The molecule has 0 aromatic heterocycles. The maximum Gasteiger partial charge on any atom is 0.255 e. The van der Waals surface area contributed by atoms with Crippen LogP contribution in [-0.4, -0.2) is 30.8 Å². The zero-order valence-corrected chi connectivity index (χ0v) is 9.51. The van der Waals surface area contributed by atoms with Gasteiger partial charge >= 0.3 is 0 Å². The number of anilines is 1. The number of carbonyl (C=O) groups is 1. The van der Waals surface area contributed by atoms with E-state index >= 15 is 0 Å². The average Bonchev–Trinajstić information content (AvgIpc) is 2.17. The zero-order chi connectivity index (χ0) is 11.4. The predicted octanol–water partition coefficient (Wildman–Crippen LogP) is 2.03. The summed E-state index contributed by atoms with van der Waals surface area (Å²) in [6, 6.07) is 6.15. The second-order valence-corrected chi connectivity index (χ2v) is 3.20. The Labute approximate surface area is 98.6 Å². The molecule has 1 amide bonds. The second-order valence-electron chi connectivity index (χ2n) is 3.20. The predicted molar refractivity (Wildman–Crippen MR) is 61.1 cm³/mol. The molecule has 0 unspecified atom stereocenters. The fourth-order valence-electron chi connectivity index (χ4n) is 1.14. The van der Waals surface area contributed by atoms with Crippen molar-refractivity contribution in [2.24, 2.45) is 0 Å². The summed E-state index contributed by atoms with van der Waals surface area (Å²) in [5.41, 5.74) is 6.32. The molecule has 0 saturated heterocycles. The number of nitrogens with zero attached hydrogens (tertiary/aromatic N) is 1. The topological polar surface area (TPSA) is 46.3 Å². The molecule has 0 aliphatic rings. The highest BCUT2D eigenvalue weighted by molar-refractivity contribution is 5.94. The van der Waals surface area contributed by atoms with Gasteiger partial charge in [0.25, 0.3) is 12.3 Å². The minimum Gasteiger partial charge on any atom is -0.399 e. The van der Waals surface area contributed by atoms with Crippen molar-refractivity contribution in [3.8, 4) is 0 Å². The van der Waals surface area contributed by atoms with Gasteiger partial charge in [-0.1, -0.05) is 0 Å². The summed E-state index contributed by atoms with van der Waals surface area (Å²) < 4.78 is 24.0. The quantitative estimate of drug-likeness (QED) is 0.835. The van der Waals surface area contributed by atoms with Crippen molar-refractivity contribution >= 4 is 24.0 Å².